The second kappa shape index (κ2) is 5.26. The van der Waals surface area contributed by atoms with Gasteiger partial charge in [0.15, 0.2) is 0 Å². The fourth-order valence-electron chi connectivity index (χ4n) is 3.21. The number of rotatable bonds is 6. The summed E-state index contributed by atoms with van der Waals surface area (Å²) >= 11 is 0. The third kappa shape index (κ3) is 2.85. The van der Waals surface area contributed by atoms with Gasteiger partial charge in [-0.15, -0.1) is 0 Å². The second-order valence-corrected chi connectivity index (χ2v) is 7.01. The van der Waals surface area contributed by atoms with Gasteiger partial charge in [0, 0.05) is 6.04 Å². The molecule has 2 rings (SSSR count). The van der Waals surface area contributed by atoms with Crippen LogP contribution in [0.5, 0.6) is 0 Å². The Kier molecular flexibility index (Phi) is 4.03. The van der Waals surface area contributed by atoms with Gasteiger partial charge >= 0.3 is 0 Å². The molecule has 0 amide bonds. The molecular formula is C17H28N2. The molecule has 1 aliphatic carbocycles. The maximum absolute atomic E-state index is 6.19. The Morgan fingerprint density at radius 3 is 2.21 bits per heavy atom. The molecule has 0 aromatic heterocycles. The molecule has 3 N–H and O–H groups in total. The smallest absolute Gasteiger partial charge is 0.0306 e. The van der Waals surface area contributed by atoms with Crippen molar-refractivity contribution in [3.05, 3.63) is 35.9 Å². The van der Waals surface area contributed by atoms with Crippen molar-refractivity contribution in [3.8, 4) is 0 Å². The van der Waals surface area contributed by atoms with Crippen LogP contribution in [0.15, 0.2) is 30.3 Å². The monoisotopic (exact) mass is 260 g/mol. The highest BCUT2D eigenvalue weighted by Gasteiger charge is 2.63. The normalized spacial score (nSPS) is 22.2. The van der Waals surface area contributed by atoms with Gasteiger partial charge < -0.3 is 11.1 Å². The van der Waals surface area contributed by atoms with Crippen LogP contribution >= 0.6 is 0 Å². The van der Waals surface area contributed by atoms with E-state index in [1.165, 1.54) is 5.56 Å². The molecule has 0 bridgehead atoms. The molecule has 1 atom stereocenters. The highest BCUT2D eigenvalue weighted by Crippen LogP contribution is 2.67. The van der Waals surface area contributed by atoms with Crippen LogP contribution in [0.25, 0.3) is 0 Å². The molecule has 19 heavy (non-hydrogen) atoms. The van der Waals surface area contributed by atoms with Crippen molar-refractivity contribution < 1.29 is 0 Å². The maximum atomic E-state index is 6.19. The minimum Gasteiger partial charge on any atom is -0.324 e. The number of hydrogen-bond donors (Lipinski definition) is 2. The zero-order valence-corrected chi connectivity index (χ0v) is 12.7. The zero-order chi connectivity index (χ0) is 14.1. The average Bonchev–Trinajstić information content (AvgIpc) is 2.77. The topological polar surface area (TPSA) is 38.0 Å². The van der Waals surface area contributed by atoms with Gasteiger partial charge in [-0.25, -0.2) is 0 Å². The van der Waals surface area contributed by atoms with E-state index in [1.54, 1.807) is 0 Å². The van der Waals surface area contributed by atoms with Crippen molar-refractivity contribution in [1.29, 1.82) is 0 Å². The summed E-state index contributed by atoms with van der Waals surface area (Å²) in [7, 11) is 0. The van der Waals surface area contributed by atoms with Crippen LogP contribution in [0, 0.1) is 16.7 Å². The quantitative estimate of drug-likeness (QED) is 0.770. The Morgan fingerprint density at radius 1 is 1.11 bits per heavy atom. The van der Waals surface area contributed by atoms with Crippen LogP contribution in [-0.4, -0.2) is 13.1 Å². The van der Waals surface area contributed by atoms with Gasteiger partial charge in [0.2, 0.25) is 0 Å². The molecule has 1 aromatic carbocycles. The lowest BCUT2D eigenvalue weighted by molar-refractivity contribution is 0.457. The predicted octanol–water partition coefficient (Wildman–Crippen LogP) is 3.35. The maximum Gasteiger partial charge on any atom is 0.0306 e. The largest absolute Gasteiger partial charge is 0.324 e. The summed E-state index contributed by atoms with van der Waals surface area (Å²) in [5.74, 6) is 0.785. The fraction of sp³-hybridized carbons (Fsp3) is 0.647. The number of nitrogens with two attached hydrogens (primary N) is 1. The number of benzene rings is 1. The third-order valence-corrected chi connectivity index (χ3v) is 5.53. The zero-order valence-electron chi connectivity index (χ0n) is 12.7. The van der Waals surface area contributed by atoms with Gasteiger partial charge in [-0.05, 0) is 41.8 Å². The van der Waals surface area contributed by atoms with Gasteiger partial charge in [-0.2, -0.15) is 0 Å². The molecule has 1 saturated carbocycles. The average molecular weight is 260 g/mol. The molecular weight excluding hydrogens is 232 g/mol. The van der Waals surface area contributed by atoms with Crippen LogP contribution in [0.3, 0.4) is 0 Å². The van der Waals surface area contributed by atoms with Gasteiger partial charge in [-0.3, -0.25) is 0 Å². The van der Waals surface area contributed by atoms with Crippen molar-refractivity contribution in [2.75, 3.05) is 13.1 Å². The first-order valence-corrected chi connectivity index (χ1v) is 7.38. The first kappa shape index (κ1) is 14.5. The minimum atomic E-state index is 0.147. The summed E-state index contributed by atoms with van der Waals surface area (Å²) in [5.41, 5.74) is 8.37. The van der Waals surface area contributed by atoms with E-state index < -0.39 is 0 Å². The molecule has 0 radical (unpaired) electrons. The second-order valence-electron chi connectivity index (χ2n) is 7.01. The molecule has 0 aliphatic heterocycles. The van der Waals surface area contributed by atoms with Crippen LogP contribution < -0.4 is 11.1 Å². The Morgan fingerprint density at radius 2 is 1.68 bits per heavy atom. The molecule has 106 valence electrons. The first-order chi connectivity index (χ1) is 8.87. The third-order valence-electron chi connectivity index (χ3n) is 5.53. The van der Waals surface area contributed by atoms with Gasteiger partial charge in [-0.1, -0.05) is 58.0 Å². The molecule has 0 heterocycles. The van der Waals surface area contributed by atoms with Crippen LogP contribution in [0.2, 0.25) is 0 Å². The fourth-order valence-corrected chi connectivity index (χ4v) is 3.21. The summed E-state index contributed by atoms with van der Waals surface area (Å²) in [4.78, 5) is 0. The number of nitrogens with one attached hydrogen (secondary N) is 1. The van der Waals surface area contributed by atoms with Gasteiger partial charge in [0.1, 0.15) is 0 Å². The minimum absolute atomic E-state index is 0.147. The predicted molar refractivity (Wildman–Crippen MR) is 81.9 cm³/mol. The highest BCUT2D eigenvalue weighted by molar-refractivity contribution is 5.18. The van der Waals surface area contributed by atoms with Crippen LogP contribution in [0.1, 0.15) is 45.7 Å². The summed E-state index contributed by atoms with van der Waals surface area (Å²) in [6, 6.07) is 10.5. The van der Waals surface area contributed by atoms with Crippen LogP contribution in [-0.2, 0) is 0 Å². The van der Waals surface area contributed by atoms with E-state index >= 15 is 0 Å². The van der Waals surface area contributed by atoms with E-state index in [2.05, 4.69) is 57.3 Å². The molecule has 1 aromatic rings. The molecule has 0 spiro atoms. The van der Waals surface area contributed by atoms with E-state index in [1.807, 2.05) is 6.07 Å². The summed E-state index contributed by atoms with van der Waals surface area (Å²) in [6.45, 7) is 11.6. The lowest BCUT2D eigenvalue weighted by Gasteiger charge is -2.13. The van der Waals surface area contributed by atoms with Crippen molar-refractivity contribution in [1.82, 2.24) is 5.32 Å². The molecule has 1 unspecified atom stereocenters. The molecule has 1 fully saturated rings. The SMILES string of the molecule is CC1(C)C(CNCCC(N)c2ccccc2)C1(C)C. The lowest BCUT2D eigenvalue weighted by Crippen LogP contribution is -2.24. The van der Waals surface area contributed by atoms with Gasteiger partial charge in [0.05, 0.1) is 0 Å². The number of hydrogen-bond acceptors (Lipinski definition) is 2. The van der Waals surface area contributed by atoms with Crippen molar-refractivity contribution in [2.45, 2.75) is 40.2 Å². The standard InChI is InChI=1S/C17H28N2/c1-16(2)15(17(16,3)4)12-19-11-10-14(18)13-8-6-5-7-9-13/h5-9,14-15,19H,10-12,18H2,1-4H3. The van der Waals surface area contributed by atoms with Gasteiger partial charge in [0.25, 0.3) is 0 Å². The van der Waals surface area contributed by atoms with Crippen molar-refractivity contribution >= 4 is 0 Å². The summed E-state index contributed by atoms with van der Waals surface area (Å²) < 4.78 is 0. The van der Waals surface area contributed by atoms with E-state index in [0.29, 0.717) is 10.8 Å². The highest BCUT2D eigenvalue weighted by atomic mass is 14.9. The Bertz CT molecular complexity index is 395. The summed E-state index contributed by atoms with van der Waals surface area (Å²) in [6.07, 6.45) is 0.998. The van der Waals surface area contributed by atoms with E-state index in [4.69, 9.17) is 5.73 Å². The van der Waals surface area contributed by atoms with E-state index in [0.717, 1.165) is 25.4 Å². The van der Waals surface area contributed by atoms with Crippen LogP contribution in [0.4, 0.5) is 0 Å². The first-order valence-electron chi connectivity index (χ1n) is 7.38. The molecule has 0 saturated heterocycles. The van der Waals surface area contributed by atoms with Crippen molar-refractivity contribution in [3.63, 3.8) is 0 Å². The Balaban J connectivity index is 1.69. The van der Waals surface area contributed by atoms with Crippen molar-refractivity contribution in [2.24, 2.45) is 22.5 Å². The molecule has 2 nitrogen and oxygen atoms in total. The van der Waals surface area contributed by atoms with E-state index in [-0.39, 0.29) is 6.04 Å². The summed E-state index contributed by atoms with van der Waals surface area (Å²) in [5, 5.41) is 3.58. The molecule has 2 heteroatoms. The van der Waals surface area contributed by atoms with E-state index in [9.17, 15) is 0 Å². The Hall–Kier alpha value is -0.860. The lowest BCUT2D eigenvalue weighted by atomic mass is 10.0. The molecule has 1 aliphatic rings. The Labute approximate surface area is 117 Å².